The first-order chi connectivity index (χ1) is 9.59. The molecule has 0 aliphatic carbocycles. The topological polar surface area (TPSA) is 55.6 Å². The van der Waals surface area contributed by atoms with Crippen LogP contribution in [0.5, 0.6) is 5.75 Å². The lowest BCUT2D eigenvalue weighted by atomic mass is 9.97. The van der Waals surface area contributed by atoms with Gasteiger partial charge in [0.05, 0.1) is 0 Å². The number of likely N-dealkylation sites (tertiary alicyclic amines) is 1. The molecule has 20 heavy (non-hydrogen) atoms. The van der Waals surface area contributed by atoms with Gasteiger partial charge in [-0.2, -0.15) is 0 Å². The average Bonchev–Trinajstić information content (AvgIpc) is 2.46. The summed E-state index contributed by atoms with van der Waals surface area (Å²) in [4.78, 5) is 14.0. The van der Waals surface area contributed by atoms with Crippen LogP contribution >= 0.6 is 0 Å². The van der Waals surface area contributed by atoms with Gasteiger partial charge in [-0.25, -0.2) is 4.39 Å². The van der Waals surface area contributed by atoms with Crippen LogP contribution in [-0.2, 0) is 4.79 Å². The number of hydrogen-bond acceptors (Lipinski definition) is 3. The minimum absolute atomic E-state index is 0.0560. The summed E-state index contributed by atoms with van der Waals surface area (Å²) in [6.45, 7) is 2.46. The van der Waals surface area contributed by atoms with Crippen LogP contribution in [0, 0.1) is 5.82 Å². The van der Waals surface area contributed by atoms with Crippen LogP contribution in [0.1, 0.15) is 26.2 Å². The summed E-state index contributed by atoms with van der Waals surface area (Å²) >= 11 is 0. The number of nitrogens with zero attached hydrogens (tertiary/aromatic N) is 1. The highest BCUT2D eigenvalue weighted by molar-refractivity contribution is 5.78. The molecule has 1 aliphatic rings. The molecule has 1 aromatic rings. The minimum Gasteiger partial charge on any atom is -0.481 e. The fourth-order valence-corrected chi connectivity index (χ4v) is 2.60. The molecule has 0 bridgehead atoms. The molecule has 1 saturated heterocycles. The van der Waals surface area contributed by atoms with E-state index in [1.54, 1.807) is 17.0 Å². The molecule has 2 unspecified atom stereocenters. The third kappa shape index (κ3) is 3.48. The summed E-state index contributed by atoms with van der Waals surface area (Å²) in [7, 11) is 0. The zero-order chi connectivity index (χ0) is 14.5. The summed E-state index contributed by atoms with van der Waals surface area (Å²) in [5.41, 5.74) is 5.93. The maximum Gasteiger partial charge on any atom is 0.260 e. The van der Waals surface area contributed by atoms with Gasteiger partial charge < -0.3 is 15.4 Å². The van der Waals surface area contributed by atoms with Gasteiger partial charge in [0.25, 0.3) is 5.91 Å². The van der Waals surface area contributed by atoms with Crippen molar-refractivity contribution in [2.24, 2.45) is 5.73 Å². The lowest BCUT2D eigenvalue weighted by molar-refractivity contribution is -0.137. The number of carbonyl (C=O) groups is 1. The predicted octanol–water partition coefficient (Wildman–Crippen LogP) is 1.93. The third-order valence-corrected chi connectivity index (χ3v) is 3.66. The predicted molar refractivity (Wildman–Crippen MR) is 74.9 cm³/mol. The Labute approximate surface area is 118 Å². The van der Waals surface area contributed by atoms with Gasteiger partial charge in [-0.05, 0) is 38.3 Å². The van der Waals surface area contributed by atoms with E-state index in [4.69, 9.17) is 10.5 Å². The van der Waals surface area contributed by atoms with E-state index in [0.717, 1.165) is 19.3 Å². The Morgan fingerprint density at radius 3 is 2.95 bits per heavy atom. The lowest BCUT2D eigenvalue weighted by Gasteiger charge is -2.38. The first-order valence-electron chi connectivity index (χ1n) is 7.02. The van der Waals surface area contributed by atoms with Crippen LogP contribution in [-0.4, -0.2) is 36.0 Å². The molecular formula is C15H21FN2O2. The maximum atomic E-state index is 13.4. The van der Waals surface area contributed by atoms with E-state index in [9.17, 15) is 9.18 Å². The number of hydrogen-bond donors (Lipinski definition) is 1. The van der Waals surface area contributed by atoms with Crippen molar-refractivity contribution in [3.8, 4) is 5.75 Å². The number of rotatable bonds is 4. The van der Waals surface area contributed by atoms with Crippen molar-refractivity contribution < 1.29 is 13.9 Å². The highest BCUT2D eigenvalue weighted by Gasteiger charge is 2.29. The van der Waals surface area contributed by atoms with Gasteiger partial charge in [-0.15, -0.1) is 0 Å². The number of amides is 1. The Balaban J connectivity index is 1.95. The SMILES string of the molecule is CC(N)C1CCCCN1C(=O)COc1ccccc1F. The van der Waals surface area contributed by atoms with Gasteiger partial charge in [-0.1, -0.05) is 12.1 Å². The van der Waals surface area contributed by atoms with Gasteiger partial charge in [0, 0.05) is 18.6 Å². The van der Waals surface area contributed by atoms with E-state index in [1.165, 1.54) is 12.1 Å². The molecule has 1 aromatic carbocycles. The van der Waals surface area contributed by atoms with Gasteiger partial charge in [0.2, 0.25) is 0 Å². The highest BCUT2D eigenvalue weighted by atomic mass is 19.1. The third-order valence-electron chi connectivity index (χ3n) is 3.66. The second-order valence-electron chi connectivity index (χ2n) is 5.23. The average molecular weight is 280 g/mol. The highest BCUT2D eigenvalue weighted by Crippen LogP contribution is 2.20. The van der Waals surface area contributed by atoms with Crippen molar-refractivity contribution in [3.05, 3.63) is 30.1 Å². The Morgan fingerprint density at radius 2 is 2.25 bits per heavy atom. The molecule has 1 amide bonds. The fourth-order valence-electron chi connectivity index (χ4n) is 2.60. The van der Waals surface area contributed by atoms with Gasteiger partial charge >= 0.3 is 0 Å². The minimum atomic E-state index is -0.456. The van der Waals surface area contributed by atoms with Gasteiger partial charge in [0.1, 0.15) is 0 Å². The molecule has 0 radical (unpaired) electrons. The van der Waals surface area contributed by atoms with Crippen LogP contribution in [0.15, 0.2) is 24.3 Å². The summed E-state index contributed by atoms with van der Waals surface area (Å²) < 4.78 is 18.7. The largest absolute Gasteiger partial charge is 0.481 e. The van der Waals surface area contributed by atoms with E-state index in [0.29, 0.717) is 6.54 Å². The number of piperidine rings is 1. The van der Waals surface area contributed by atoms with Crippen LogP contribution in [0.4, 0.5) is 4.39 Å². The number of halogens is 1. The van der Waals surface area contributed by atoms with Crippen molar-refractivity contribution in [2.75, 3.05) is 13.2 Å². The van der Waals surface area contributed by atoms with Gasteiger partial charge in [0.15, 0.2) is 18.2 Å². The number of ether oxygens (including phenoxy) is 1. The molecule has 1 heterocycles. The van der Waals surface area contributed by atoms with Crippen LogP contribution in [0.3, 0.4) is 0 Å². The molecule has 1 aliphatic heterocycles. The lowest BCUT2D eigenvalue weighted by Crippen LogP contribution is -2.52. The molecule has 0 spiro atoms. The van der Waals surface area contributed by atoms with E-state index >= 15 is 0 Å². The summed E-state index contributed by atoms with van der Waals surface area (Å²) in [6, 6.07) is 6.08. The monoisotopic (exact) mass is 280 g/mol. The first-order valence-corrected chi connectivity index (χ1v) is 7.02. The number of benzene rings is 1. The van der Waals surface area contributed by atoms with Crippen molar-refractivity contribution in [2.45, 2.75) is 38.3 Å². The molecule has 0 aromatic heterocycles. The molecule has 110 valence electrons. The summed E-state index contributed by atoms with van der Waals surface area (Å²) in [5, 5.41) is 0. The summed E-state index contributed by atoms with van der Waals surface area (Å²) in [5.74, 6) is -0.479. The Kier molecular flexibility index (Phi) is 4.95. The van der Waals surface area contributed by atoms with Crippen molar-refractivity contribution >= 4 is 5.91 Å². The Bertz CT molecular complexity index is 465. The smallest absolute Gasteiger partial charge is 0.260 e. The molecule has 0 saturated carbocycles. The van der Waals surface area contributed by atoms with Crippen LogP contribution in [0.25, 0.3) is 0 Å². The standard InChI is InChI=1S/C15H21FN2O2/c1-11(17)13-7-4-5-9-18(13)15(19)10-20-14-8-3-2-6-12(14)16/h2-3,6,8,11,13H,4-5,7,9-10,17H2,1H3. The second-order valence-corrected chi connectivity index (χ2v) is 5.23. The zero-order valence-electron chi connectivity index (χ0n) is 11.7. The van der Waals surface area contributed by atoms with E-state index < -0.39 is 5.82 Å². The zero-order valence-corrected chi connectivity index (χ0v) is 11.7. The first kappa shape index (κ1) is 14.8. The Hall–Kier alpha value is -1.62. The van der Waals surface area contributed by atoms with Crippen molar-refractivity contribution in [3.63, 3.8) is 0 Å². The van der Waals surface area contributed by atoms with Crippen molar-refractivity contribution in [1.29, 1.82) is 0 Å². The van der Waals surface area contributed by atoms with Crippen LogP contribution in [0.2, 0.25) is 0 Å². The molecular weight excluding hydrogens is 259 g/mol. The molecule has 1 fully saturated rings. The molecule has 4 nitrogen and oxygen atoms in total. The molecule has 2 rings (SSSR count). The number of carbonyl (C=O) groups excluding carboxylic acids is 1. The second kappa shape index (κ2) is 6.70. The quantitative estimate of drug-likeness (QED) is 0.917. The normalized spacial score (nSPS) is 20.6. The van der Waals surface area contributed by atoms with E-state index in [2.05, 4.69) is 0 Å². The summed E-state index contributed by atoms with van der Waals surface area (Å²) in [6.07, 6.45) is 2.99. The number of para-hydroxylation sites is 1. The van der Waals surface area contributed by atoms with Crippen LogP contribution < -0.4 is 10.5 Å². The van der Waals surface area contributed by atoms with E-state index in [1.807, 2.05) is 6.92 Å². The Morgan fingerprint density at radius 1 is 1.50 bits per heavy atom. The van der Waals surface area contributed by atoms with E-state index in [-0.39, 0.29) is 30.3 Å². The maximum absolute atomic E-state index is 13.4. The fraction of sp³-hybridized carbons (Fsp3) is 0.533. The van der Waals surface area contributed by atoms with Crippen molar-refractivity contribution in [1.82, 2.24) is 4.90 Å². The van der Waals surface area contributed by atoms with Gasteiger partial charge in [-0.3, -0.25) is 4.79 Å². The molecule has 2 atom stereocenters. The molecule has 2 N–H and O–H groups in total. The molecule has 5 heteroatoms. The number of nitrogens with two attached hydrogens (primary N) is 1.